The Morgan fingerprint density at radius 3 is 3.40 bits per heavy atom. The Morgan fingerprint density at radius 2 is 2.80 bits per heavy atom. The predicted molar refractivity (Wildman–Crippen MR) is 32.5 cm³/mol. The zero-order valence-corrected chi connectivity index (χ0v) is 5.11. The lowest BCUT2D eigenvalue weighted by Crippen LogP contribution is -1.97. The van der Waals surface area contributed by atoms with E-state index in [9.17, 15) is 0 Å². The van der Waals surface area contributed by atoms with Gasteiger partial charge in [-0.2, -0.15) is 0 Å². The van der Waals surface area contributed by atoms with Crippen molar-refractivity contribution >= 4 is 6.40 Å². The average molecular weight is 137 g/mol. The summed E-state index contributed by atoms with van der Waals surface area (Å²) in [6.45, 7) is 0.520. The highest BCUT2D eigenvalue weighted by Gasteiger charge is 2.16. The fourth-order valence-corrected chi connectivity index (χ4v) is 0.779. The van der Waals surface area contributed by atoms with Crippen LogP contribution in [0.15, 0.2) is 11.2 Å². The van der Waals surface area contributed by atoms with Crippen molar-refractivity contribution in [3.63, 3.8) is 0 Å². The Morgan fingerprint density at radius 1 is 1.80 bits per heavy atom. The average Bonchev–Trinajstić information content (AvgIpc) is 2.59. The number of H-pyrrole nitrogens is 1. The molecule has 51 valence electrons. The van der Waals surface area contributed by atoms with Crippen molar-refractivity contribution < 1.29 is 4.74 Å². The highest BCUT2D eigenvalue weighted by atomic mass is 16.5. The van der Waals surface area contributed by atoms with Crippen LogP contribution in [0.3, 0.4) is 0 Å². The monoisotopic (exact) mass is 137 g/mol. The maximum atomic E-state index is 4.78. The molecule has 1 aromatic rings. The van der Waals surface area contributed by atoms with E-state index in [2.05, 4.69) is 26.8 Å². The lowest BCUT2D eigenvalue weighted by Gasteiger charge is -1.96. The first kappa shape index (κ1) is 5.40. The highest BCUT2D eigenvalue weighted by Crippen LogP contribution is 2.16. The van der Waals surface area contributed by atoms with Gasteiger partial charge in [0.1, 0.15) is 18.3 Å². The summed E-state index contributed by atoms with van der Waals surface area (Å²) in [5.74, 6) is 0. The van der Waals surface area contributed by atoms with Gasteiger partial charge in [0.15, 0.2) is 0 Å². The first-order valence-corrected chi connectivity index (χ1v) is 2.90. The molecule has 0 saturated heterocycles. The number of ether oxygens (including phenoxy) is 1. The van der Waals surface area contributed by atoms with Gasteiger partial charge < -0.3 is 4.74 Å². The number of hydrogen-bond donors (Lipinski definition) is 1. The molecule has 1 aliphatic rings. The minimum atomic E-state index is -0.0150. The number of nitrogens with zero attached hydrogens (tertiary/aromatic N) is 3. The van der Waals surface area contributed by atoms with Crippen molar-refractivity contribution in [3.05, 3.63) is 11.9 Å². The zero-order valence-electron chi connectivity index (χ0n) is 5.11. The number of aromatic nitrogens is 3. The molecule has 0 saturated carbocycles. The summed E-state index contributed by atoms with van der Waals surface area (Å²) in [7, 11) is 0. The molecule has 0 spiro atoms. The van der Waals surface area contributed by atoms with E-state index in [1.54, 1.807) is 6.20 Å². The molecule has 1 aliphatic heterocycles. The predicted octanol–water partition coefficient (Wildman–Crippen LogP) is -0.219. The summed E-state index contributed by atoms with van der Waals surface area (Å²) < 4.78 is 4.78. The van der Waals surface area contributed by atoms with Gasteiger partial charge in [-0.3, -0.25) is 5.10 Å². The summed E-state index contributed by atoms with van der Waals surface area (Å²) in [5.41, 5.74) is 0.796. The second kappa shape index (κ2) is 2.09. The van der Waals surface area contributed by atoms with Crippen molar-refractivity contribution in [2.75, 3.05) is 6.61 Å². The Kier molecular flexibility index (Phi) is 1.13. The van der Waals surface area contributed by atoms with Crippen LogP contribution in [-0.2, 0) is 4.74 Å². The van der Waals surface area contributed by atoms with E-state index in [-0.39, 0.29) is 6.04 Å². The highest BCUT2D eigenvalue weighted by molar-refractivity contribution is 5.49. The fraction of sp³-hybridized carbons (Fsp3) is 0.400. The fourth-order valence-electron chi connectivity index (χ4n) is 0.779. The normalized spacial score (nSPS) is 23.0. The molecule has 5 heteroatoms. The molecule has 0 aliphatic carbocycles. The van der Waals surface area contributed by atoms with Crippen molar-refractivity contribution in [1.82, 2.24) is 15.4 Å². The Bertz CT molecular complexity index is 230. The lowest BCUT2D eigenvalue weighted by molar-refractivity contribution is 0.328. The second-order valence-electron chi connectivity index (χ2n) is 1.95. The summed E-state index contributed by atoms with van der Waals surface area (Å²) in [6, 6.07) is -0.0150. The van der Waals surface area contributed by atoms with Crippen LogP contribution in [-0.4, -0.2) is 28.4 Å². The van der Waals surface area contributed by atoms with Crippen LogP contribution in [0.1, 0.15) is 11.7 Å². The molecule has 2 rings (SSSR count). The summed E-state index contributed by atoms with van der Waals surface area (Å²) in [6.07, 6.45) is 4.10. The second-order valence-corrected chi connectivity index (χ2v) is 1.95. The van der Waals surface area contributed by atoms with Crippen molar-refractivity contribution in [1.29, 1.82) is 0 Å². The molecule has 0 fully saturated rings. The third-order valence-corrected chi connectivity index (χ3v) is 1.29. The number of hydrogen-bond acceptors (Lipinski definition) is 4. The smallest absolute Gasteiger partial charge is 0.273 e. The van der Waals surface area contributed by atoms with Crippen LogP contribution in [0.2, 0.25) is 0 Å². The molecule has 10 heavy (non-hydrogen) atoms. The molecule has 1 atom stereocenters. The van der Waals surface area contributed by atoms with Gasteiger partial charge in [0.05, 0.1) is 0 Å². The molecule has 1 N–H and O–H groups in total. The third kappa shape index (κ3) is 0.754. The molecule has 0 amide bonds. The summed E-state index contributed by atoms with van der Waals surface area (Å²) in [5, 5.41) is 9.93. The molecular formula is C5H5N4O. The molecule has 1 radical (unpaired) electrons. The van der Waals surface area contributed by atoms with Gasteiger partial charge in [-0.05, 0) is 0 Å². The summed E-state index contributed by atoms with van der Waals surface area (Å²) in [4.78, 5) is 3.88. The standard InChI is InChI=1S/C5H5N4O/c1-4(8-9-7-1)5-2-10-3-6-5/h1,5H,2H2,(H,7,8,9). The largest absolute Gasteiger partial charge is 0.471 e. The zero-order chi connectivity index (χ0) is 6.81. The molecule has 2 heterocycles. The number of aromatic amines is 1. The van der Waals surface area contributed by atoms with E-state index in [4.69, 9.17) is 4.74 Å². The Hall–Kier alpha value is -1.39. The molecule has 1 aromatic heterocycles. The lowest BCUT2D eigenvalue weighted by atomic mass is 10.3. The van der Waals surface area contributed by atoms with Gasteiger partial charge in [-0.15, -0.1) is 5.10 Å². The maximum Gasteiger partial charge on any atom is 0.273 e. The van der Waals surface area contributed by atoms with Gasteiger partial charge in [0.2, 0.25) is 0 Å². The molecular weight excluding hydrogens is 132 g/mol. The first-order chi connectivity index (χ1) is 4.97. The van der Waals surface area contributed by atoms with E-state index < -0.39 is 0 Å². The van der Waals surface area contributed by atoms with Crippen LogP contribution >= 0.6 is 0 Å². The van der Waals surface area contributed by atoms with Crippen molar-refractivity contribution in [2.45, 2.75) is 6.04 Å². The Balaban J connectivity index is 2.20. The molecule has 1 unspecified atom stereocenters. The summed E-state index contributed by atoms with van der Waals surface area (Å²) >= 11 is 0. The van der Waals surface area contributed by atoms with Crippen LogP contribution < -0.4 is 0 Å². The van der Waals surface area contributed by atoms with E-state index >= 15 is 0 Å². The number of aliphatic imine (C=N–C) groups is 1. The minimum absolute atomic E-state index is 0.0150. The number of rotatable bonds is 1. The van der Waals surface area contributed by atoms with Crippen molar-refractivity contribution in [3.8, 4) is 0 Å². The molecule has 0 bridgehead atoms. The third-order valence-electron chi connectivity index (χ3n) is 1.29. The van der Waals surface area contributed by atoms with Gasteiger partial charge in [-0.25, -0.2) is 4.99 Å². The van der Waals surface area contributed by atoms with Crippen LogP contribution in [0.4, 0.5) is 0 Å². The Labute approximate surface area is 57.1 Å². The van der Waals surface area contributed by atoms with E-state index in [1.165, 1.54) is 0 Å². The van der Waals surface area contributed by atoms with E-state index in [1.807, 2.05) is 0 Å². The van der Waals surface area contributed by atoms with Gasteiger partial charge in [-0.1, -0.05) is 5.21 Å². The molecule has 0 aromatic carbocycles. The number of nitrogens with one attached hydrogen (secondary N) is 1. The first-order valence-electron chi connectivity index (χ1n) is 2.90. The minimum Gasteiger partial charge on any atom is -0.471 e. The van der Waals surface area contributed by atoms with Gasteiger partial charge in [0, 0.05) is 6.20 Å². The SMILES string of the molecule is [C]1=NC(c2c[nH]nn2)CO1. The van der Waals surface area contributed by atoms with E-state index in [0.717, 1.165) is 5.69 Å². The van der Waals surface area contributed by atoms with Crippen LogP contribution in [0, 0.1) is 0 Å². The van der Waals surface area contributed by atoms with Crippen molar-refractivity contribution in [2.24, 2.45) is 4.99 Å². The maximum absolute atomic E-state index is 4.78. The van der Waals surface area contributed by atoms with E-state index in [0.29, 0.717) is 6.61 Å². The van der Waals surface area contributed by atoms with Gasteiger partial charge >= 0.3 is 0 Å². The molecule has 5 nitrogen and oxygen atoms in total. The topological polar surface area (TPSA) is 63.2 Å². The van der Waals surface area contributed by atoms with Crippen LogP contribution in [0.25, 0.3) is 0 Å². The van der Waals surface area contributed by atoms with Crippen LogP contribution in [0.5, 0.6) is 0 Å². The van der Waals surface area contributed by atoms with Gasteiger partial charge in [0.25, 0.3) is 6.40 Å². The quantitative estimate of drug-likeness (QED) is 0.582.